The molecule has 1 heterocycles. The Labute approximate surface area is 81.1 Å². The standard InChI is InChI=1S/C6H10ClN3O2S/c1-5(2)10-3-6(8-9-10)4-13(7,11)12/h3,5H,4H2,1-2H3. The van der Waals surface area contributed by atoms with Crippen molar-refractivity contribution in [1.82, 2.24) is 15.0 Å². The molecular formula is C6H10ClN3O2S. The molecule has 0 atom stereocenters. The maximum atomic E-state index is 10.7. The Hall–Kier alpha value is -0.620. The van der Waals surface area contributed by atoms with E-state index in [2.05, 4.69) is 10.3 Å². The highest BCUT2D eigenvalue weighted by Gasteiger charge is 2.11. The summed E-state index contributed by atoms with van der Waals surface area (Å²) in [5, 5.41) is 7.42. The molecule has 1 aromatic rings. The van der Waals surface area contributed by atoms with Crippen molar-refractivity contribution >= 4 is 19.7 Å². The van der Waals surface area contributed by atoms with E-state index in [1.165, 1.54) is 0 Å². The zero-order chi connectivity index (χ0) is 10.1. The first kappa shape index (κ1) is 10.5. The minimum atomic E-state index is -3.53. The molecule has 0 aliphatic heterocycles. The molecule has 0 bridgehead atoms. The SMILES string of the molecule is CC(C)n1cc(CS(=O)(=O)Cl)nn1. The lowest BCUT2D eigenvalue weighted by Crippen LogP contribution is -2.00. The summed E-state index contributed by atoms with van der Waals surface area (Å²) in [5.41, 5.74) is 0.365. The molecular weight excluding hydrogens is 214 g/mol. The first-order chi connectivity index (χ1) is 5.88. The Kier molecular flexibility index (Phi) is 2.92. The van der Waals surface area contributed by atoms with E-state index < -0.39 is 9.05 Å². The smallest absolute Gasteiger partial charge is 0.238 e. The van der Waals surface area contributed by atoms with Gasteiger partial charge in [0.1, 0.15) is 5.75 Å². The Balaban J connectivity index is 2.81. The highest BCUT2D eigenvalue weighted by Crippen LogP contribution is 2.08. The normalized spacial score (nSPS) is 12.3. The average molecular weight is 224 g/mol. The minimum absolute atomic E-state index is 0.166. The van der Waals surface area contributed by atoms with Crippen LogP contribution in [0.3, 0.4) is 0 Å². The molecule has 0 fully saturated rings. The first-order valence-corrected chi connectivity index (χ1v) is 6.19. The number of rotatable bonds is 3. The molecule has 0 N–H and O–H groups in total. The van der Waals surface area contributed by atoms with Gasteiger partial charge in [-0.05, 0) is 13.8 Å². The first-order valence-electron chi connectivity index (χ1n) is 3.71. The molecule has 13 heavy (non-hydrogen) atoms. The predicted molar refractivity (Wildman–Crippen MR) is 48.9 cm³/mol. The zero-order valence-corrected chi connectivity index (χ0v) is 8.88. The summed E-state index contributed by atoms with van der Waals surface area (Å²) in [4.78, 5) is 0. The summed E-state index contributed by atoms with van der Waals surface area (Å²) in [7, 11) is 1.52. The zero-order valence-electron chi connectivity index (χ0n) is 7.31. The van der Waals surface area contributed by atoms with Crippen molar-refractivity contribution in [2.24, 2.45) is 0 Å². The van der Waals surface area contributed by atoms with E-state index in [1.54, 1.807) is 10.9 Å². The lowest BCUT2D eigenvalue weighted by atomic mass is 10.4. The van der Waals surface area contributed by atoms with Crippen molar-refractivity contribution in [3.05, 3.63) is 11.9 Å². The fraction of sp³-hybridized carbons (Fsp3) is 0.667. The van der Waals surface area contributed by atoms with Crippen molar-refractivity contribution < 1.29 is 8.42 Å². The Bertz CT molecular complexity index is 384. The van der Waals surface area contributed by atoms with Crippen LogP contribution in [0.1, 0.15) is 25.6 Å². The number of hydrogen-bond acceptors (Lipinski definition) is 4. The van der Waals surface area contributed by atoms with Gasteiger partial charge in [-0.1, -0.05) is 5.21 Å². The van der Waals surface area contributed by atoms with Gasteiger partial charge in [-0.25, -0.2) is 13.1 Å². The van der Waals surface area contributed by atoms with Gasteiger partial charge in [0.2, 0.25) is 9.05 Å². The summed E-state index contributed by atoms with van der Waals surface area (Å²) in [6.07, 6.45) is 1.57. The van der Waals surface area contributed by atoms with Gasteiger partial charge < -0.3 is 0 Å². The van der Waals surface area contributed by atoms with E-state index in [9.17, 15) is 8.42 Å². The molecule has 0 aromatic carbocycles. The van der Waals surface area contributed by atoms with E-state index in [0.717, 1.165) is 0 Å². The number of halogens is 1. The second-order valence-corrected chi connectivity index (χ2v) is 5.74. The third-order valence-corrected chi connectivity index (χ3v) is 2.38. The second-order valence-electron chi connectivity index (χ2n) is 2.97. The van der Waals surface area contributed by atoms with Crippen LogP contribution in [0, 0.1) is 0 Å². The van der Waals surface area contributed by atoms with Crippen molar-refractivity contribution in [3.63, 3.8) is 0 Å². The summed E-state index contributed by atoms with van der Waals surface area (Å²) >= 11 is 0. The maximum Gasteiger partial charge on any atom is 0.238 e. The summed E-state index contributed by atoms with van der Waals surface area (Å²) in [5.74, 6) is -0.277. The van der Waals surface area contributed by atoms with Gasteiger partial charge in [-0.3, -0.25) is 0 Å². The van der Waals surface area contributed by atoms with Crippen molar-refractivity contribution in [1.29, 1.82) is 0 Å². The van der Waals surface area contributed by atoms with Crippen LogP contribution in [0.4, 0.5) is 0 Å². The summed E-state index contributed by atoms with van der Waals surface area (Å²) in [6, 6.07) is 0.166. The van der Waals surface area contributed by atoms with Crippen LogP contribution in [-0.2, 0) is 14.8 Å². The van der Waals surface area contributed by atoms with Gasteiger partial charge in [-0.2, -0.15) is 0 Å². The molecule has 0 aliphatic carbocycles. The number of hydrogen-bond donors (Lipinski definition) is 0. The van der Waals surface area contributed by atoms with Crippen LogP contribution in [0.25, 0.3) is 0 Å². The number of nitrogens with zero attached hydrogens (tertiary/aromatic N) is 3. The van der Waals surface area contributed by atoms with Crippen molar-refractivity contribution in [2.45, 2.75) is 25.6 Å². The van der Waals surface area contributed by atoms with Gasteiger partial charge in [0, 0.05) is 22.9 Å². The van der Waals surface area contributed by atoms with Gasteiger partial charge in [0.15, 0.2) is 0 Å². The van der Waals surface area contributed by atoms with Crippen LogP contribution in [0.2, 0.25) is 0 Å². The molecule has 0 aliphatic rings. The van der Waals surface area contributed by atoms with Crippen molar-refractivity contribution in [3.8, 4) is 0 Å². The van der Waals surface area contributed by atoms with Crippen LogP contribution < -0.4 is 0 Å². The maximum absolute atomic E-state index is 10.7. The summed E-state index contributed by atoms with van der Waals surface area (Å²) < 4.78 is 22.9. The Morgan fingerprint density at radius 1 is 1.62 bits per heavy atom. The molecule has 0 amide bonds. The molecule has 0 saturated carbocycles. The summed E-state index contributed by atoms with van der Waals surface area (Å²) in [6.45, 7) is 3.85. The molecule has 74 valence electrons. The van der Waals surface area contributed by atoms with E-state index in [0.29, 0.717) is 5.69 Å². The Morgan fingerprint density at radius 3 is 2.62 bits per heavy atom. The van der Waals surface area contributed by atoms with Crippen molar-refractivity contribution in [2.75, 3.05) is 0 Å². The van der Waals surface area contributed by atoms with Crippen LogP contribution in [-0.4, -0.2) is 23.4 Å². The molecule has 0 spiro atoms. The quantitative estimate of drug-likeness (QED) is 0.715. The Morgan fingerprint density at radius 2 is 2.23 bits per heavy atom. The predicted octanol–water partition coefficient (Wildman–Crippen LogP) is 0.928. The highest BCUT2D eigenvalue weighted by atomic mass is 35.7. The van der Waals surface area contributed by atoms with Gasteiger partial charge in [0.25, 0.3) is 0 Å². The fourth-order valence-electron chi connectivity index (χ4n) is 0.809. The molecule has 7 heteroatoms. The lowest BCUT2D eigenvalue weighted by molar-refractivity contribution is 0.514. The van der Waals surface area contributed by atoms with E-state index >= 15 is 0 Å². The monoisotopic (exact) mass is 223 g/mol. The highest BCUT2D eigenvalue weighted by molar-refractivity contribution is 8.13. The topological polar surface area (TPSA) is 64.8 Å². The van der Waals surface area contributed by atoms with E-state index in [-0.39, 0.29) is 11.8 Å². The van der Waals surface area contributed by atoms with Gasteiger partial charge >= 0.3 is 0 Å². The minimum Gasteiger partial charge on any atom is -0.250 e. The van der Waals surface area contributed by atoms with E-state index in [4.69, 9.17) is 10.7 Å². The van der Waals surface area contributed by atoms with Gasteiger partial charge in [0.05, 0.1) is 5.69 Å². The third kappa shape index (κ3) is 3.31. The lowest BCUT2D eigenvalue weighted by Gasteiger charge is -2.00. The molecule has 0 radical (unpaired) electrons. The van der Waals surface area contributed by atoms with Crippen LogP contribution in [0.5, 0.6) is 0 Å². The molecule has 1 aromatic heterocycles. The third-order valence-electron chi connectivity index (χ3n) is 1.41. The molecule has 0 unspecified atom stereocenters. The number of aromatic nitrogens is 3. The largest absolute Gasteiger partial charge is 0.250 e. The van der Waals surface area contributed by atoms with Gasteiger partial charge in [-0.15, -0.1) is 5.10 Å². The average Bonchev–Trinajstić information content (AvgIpc) is 2.31. The van der Waals surface area contributed by atoms with E-state index in [1.807, 2.05) is 13.8 Å². The molecule has 0 saturated heterocycles. The fourth-order valence-corrected chi connectivity index (χ4v) is 1.63. The van der Waals surface area contributed by atoms with Crippen LogP contribution >= 0.6 is 10.7 Å². The molecule has 1 rings (SSSR count). The van der Waals surface area contributed by atoms with Crippen LogP contribution in [0.15, 0.2) is 6.20 Å². The second kappa shape index (κ2) is 3.63. The molecule has 5 nitrogen and oxygen atoms in total.